The highest BCUT2D eigenvalue weighted by molar-refractivity contribution is 7.45. The van der Waals surface area contributed by atoms with Crippen LogP contribution in [0.2, 0.25) is 0 Å². The number of phosphoric acid groups is 1. The molecule has 0 heterocycles. The Hall–Kier alpha value is -1.02. The molecule has 0 N–H and O–H groups in total. The van der Waals surface area contributed by atoms with E-state index in [9.17, 15) is 14.3 Å². The molecule has 2 unspecified atom stereocenters. The molecule has 0 saturated carbocycles. The summed E-state index contributed by atoms with van der Waals surface area (Å²) < 4.78 is 34.9. The molecule has 8 nitrogen and oxygen atoms in total. The molecule has 0 bridgehead atoms. The van der Waals surface area contributed by atoms with Gasteiger partial charge in [-0.05, 0) is 44.9 Å². The second-order valence-corrected chi connectivity index (χ2v) is 23.1. The van der Waals surface area contributed by atoms with Crippen LogP contribution < -0.4 is 4.89 Å². The zero-order valence-corrected chi connectivity index (χ0v) is 47.7. The van der Waals surface area contributed by atoms with Crippen molar-refractivity contribution < 1.29 is 37.3 Å². The third-order valence-corrected chi connectivity index (χ3v) is 14.5. The monoisotopic (exact) mass is 996 g/mol. The number of hydrogen-bond donors (Lipinski definition) is 0. The third kappa shape index (κ3) is 57.8. The predicted molar refractivity (Wildman–Crippen MR) is 296 cm³/mol. The van der Waals surface area contributed by atoms with Crippen LogP contribution in [0.3, 0.4) is 0 Å². The molecule has 9 heteroatoms. The number of allylic oxidation sites excluding steroid dienone is 4. The Kier molecular flexibility index (Phi) is 52.5. The molecule has 2 atom stereocenters. The van der Waals surface area contributed by atoms with Gasteiger partial charge in [0, 0.05) is 13.0 Å². The van der Waals surface area contributed by atoms with Gasteiger partial charge in [-0.25, -0.2) is 0 Å². The molecule has 0 spiro atoms. The number of rotatable bonds is 57. The minimum atomic E-state index is -4.53. The lowest BCUT2D eigenvalue weighted by Gasteiger charge is -2.28. The maximum Gasteiger partial charge on any atom is 0.306 e. The van der Waals surface area contributed by atoms with Crippen LogP contribution in [0.25, 0.3) is 0 Å². The SMILES string of the molecule is CCCCCCC/C=C\C/C=C\CCCCCCCCCCCC(=O)OC(COCCCCCCCCCCCCCCCCCCCCCCCCCCCC)COP(=O)([O-])OCC[N+](C)(C)C. The predicted octanol–water partition coefficient (Wildman–Crippen LogP) is 18.4. The quantitative estimate of drug-likeness (QED) is 0.0197. The number of phosphoric ester groups is 1. The highest BCUT2D eigenvalue weighted by Crippen LogP contribution is 2.38. The van der Waals surface area contributed by atoms with Crippen molar-refractivity contribution in [3.63, 3.8) is 0 Å². The zero-order valence-electron chi connectivity index (χ0n) is 46.8. The van der Waals surface area contributed by atoms with Crippen molar-refractivity contribution in [2.45, 2.75) is 302 Å². The van der Waals surface area contributed by atoms with Crippen LogP contribution in [0.4, 0.5) is 0 Å². The summed E-state index contributed by atoms with van der Waals surface area (Å²) in [5, 5.41) is 0. The minimum Gasteiger partial charge on any atom is -0.756 e. The van der Waals surface area contributed by atoms with Gasteiger partial charge in [-0.3, -0.25) is 9.36 Å². The van der Waals surface area contributed by atoms with E-state index in [4.69, 9.17) is 18.5 Å². The average molecular weight is 997 g/mol. The number of ether oxygens (including phenoxy) is 2. The molecular formula is C60H118NO7P. The molecule has 0 aromatic rings. The molecular weight excluding hydrogens is 878 g/mol. The van der Waals surface area contributed by atoms with Crippen molar-refractivity contribution in [3.05, 3.63) is 24.3 Å². The van der Waals surface area contributed by atoms with Gasteiger partial charge in [0.2, 0.25) is 0 Å². The highest BCUT2D eigenvalue weighted by Gasteiger charge is 2.20. The summed E-state index contributed by atoms with van der Waals surface area (Å²) in [5.74, 6) is -0.332. The van der Waals surface area contributed by atoms with E-state index >= 15 is 0 Å². The van der Waals surface area contributed by atoms with Gasteiger partial charge >= 0.3 is 5.97 Å². The van der Waals surface area contributed by atoms with Gasteiger partial charge in [0.15, 0.2) is 0 Å². The van der Waals surface area contributed by atoms with Crippen LogP contribution in [0.1, 0.15) is 296 Å². The Balaban J connectivity index is 4.01. The lowest BCUT2D eigenvalue weighted by atomic mass is 10.0. The van der Waals surface area contributed by atoms with Crippen molar-refractivity contribution in [2.75, 3.05) is 54.1 Å². The number of esters is 1. The van der Waals surface area contributed by atoms with Crippen molar-refractivity contribution in [2.24, 2.45) is 0 Å². The molecule has 0 saturated heterocycles. The normalized spacial score (nSPS) is 13.5. The van der Waals surface area contributed by atoms with E-state index in [0.717, 1.165) is 38.5 Å². The van der Waals surface area contributed by atoms with Crippen LogP contribution >= 0.6 is 7.82 Å². The van der Waals surface area contributed by atoms with Gasteiger partial charge in [0.25, 0.3) is 7.82 Å². The van der Waals surface area contributed by atoms with Crippen molar-refractivity contribution >= 4 is 13.8 Å². The fourth-order valence-corrected chi connectivity index (χ4v) is 9.60. The van der Waals surface area contributed by atoms with Gasteiger partial charge in [0.1, 0.15) is 19.3 Å². The Morgan fingerprint density at radius 2 is 0.797 bits per heavy atom. The zero-order chi connectivity index (χ0) is 50.5. The smallest absolute Gasteiger partial charge is 0.306 e. The lowest BCUT2D eigenvalue weighted by molar-refractivity contribution is -0.870. The first kappa shape index (κ1) is 68.0. The maximum absolute atomic E-state index is 12.8. The van der Waals surface area contributed by atoms with Crippen LogP contribution in [0, 0.1) is 0 Å². The molecule has 0 amide bonds. The Morgan fingerprint density at radius 3 is 1.17 bits per heavy atom. The van der Waals surface area contributed by atoms with Gasteiger partial charge in [-0.1, -0.05) is 269 Å². The number of hydrogen-bond acceptors (Lipinski definition) is 7. The Bertz CT molecular complexity index is 1160. The van der Waals surface area contributed by atoms with Gasteiger partial charge in [0.05, 0.1) is 34.4 Å². The lowest BCUT2D eigenvalue weighted by Crippen LogP contribution is -2.37. The standard InChI is InChI=1S/C60H118NO7P/c1-6-8-10-12-14-16-18-20-22-24-26-28-29-30-31-32-34-36-38-40-42-44-46-48-50-52-55-65-57-59(58-67-69(63,64)66-56-54-61(3,4)5)68-60(62)53-51-49-47-45-43-41-39-37-35-33-27-25-23-21-19-17-15-13-11-9-7-2/h19,21,25,27,59H,6-18,20,22-24,26,28-58H2,1-5H3/b21-19-,27-25-. The molecule has 0 radical (unpaired) electrons. The van der Waals surface area contributed by atoms with E-state index in [1.165, 1.54) is 238 Å². The fraction of sp³-hybridized carbons (Fsp3) is 0.917. The number of carbonyl (C=O) groups is 1. The van der Waals surface area contributed by atoms with E-state index in [-0.39, 0.29) is 25.8 Å². The Labute approximate surface area is 430 Å². The van der Waals surface area contributed by atoms with Crippen LogP contribution in [-0.4, -0.2) is 70.7 Å². The first-order valence-electron chi connectivity index (χ1n) is 30.1. The topological polar surface area (TPSA) is 94.1 Å². The Morgan fingerprint density at radius 1 is 0.449 bits per heavy atom. The molecule has 0 aliphatic heterocycles. The summed E-state index contributed by atoms with van der Waals surface area (Å²) in [6.45, 7) is 5.47. The summed E-state index contributed by atoms with van der Waals surface area (Å²) >= 11 is 0. The largest absolute Gasteiger partial charge is 0.756 e. The second-order valence-electron chi connectivity index (χ2n) is 21.7. The van der Waals surface area contributed by atoms with E-state index in [1.54, 1.807) is 0 Å². The summed E-state index contributed by atoms with van der Waals surface area (Å²) in [5.41, 5.74) is 0. The molecule has 0 rings (SSSR count). The van der Waals surface area contributed by atoms with E-state index in [1.807, 2.05) is 21.1 Å². The summed E-state index contributed by atoms with van der Waals surface area (Å²) in [6.07, 6.45) is 65.1. The maximum atomic E-state index is 12.8. The van der Waals surface area contributed by atoms with E-state index in [2.05, 4.69) is 38.2 Å². The number of likely N-dealkylation sites (N-methyl/N-ethyl adjacent to an activating group) is 1. The third-order valence-electron chi connectivity index (χ3n) is 13.5. The highest BCUT2D eigenvalue weighted by atomic mass is 31.2. The van der Waals surface area contributed by atoms with Crippen LogP contribution in [0.5, 0.6) is 0 Å². The molecule has 0 aliphatic carbocycles. The van der Waals surface area contributed by atoms with Crippen LogP contribution in [0.15, 0.2) is 24.3 Å². The van der Waals surface area contributed by atoms with Gasteiger partial charge < -0.3 is 27.9 Å². The molecule has 69 heavy (non-hydrogen) atoms. The molecule has 0 aromatic carbocycles. The van der Waals surface area contributed by atoms with Crippen molar-refractivity contribution in [3.8, 4) is 0 Å². The number of unbranched alkanes of at least 4 members (excludes halogenated alkanes) is 39. The first-order valence-corrected chi connectivity index (χ1v) is 31.5. The average Bonchev–Trinajstić information content (AvgIpc) is 3.31. The first-order chi connectivity index (χ1) is 33.6. The second kappa shape index (κ2) is 53.3. The number of nitrogens with zero attached hydrogens (tertiary/aromatic N) is 1. The molecule has 0 fully saturated rings. The molecule has 0 aromatic heterocycles. The minimum absolute atomic E-state index is 0.0279. The number of carbonyl (C=O) groups excluding carboxylic acids is 1. The van der Waals surface area contributed by atoms with E-state index in [0.29, 0.717) is 24.1 Å². The fourth-order valence-electron chi connectivity index (χ4n) is 8.88. The van der Waals surface area contributed by atoms with Gasteiger partial charge in [-0.15, -0.1) is 0 Å². The summed E-state index contributed by atoms with van der Waals surface area (Å²) in [4.78, 5) is 25.3. The van der Waals surface area contributed by atoms with E-state index < -0.39 is 13.9 Å². The molecule has 410 valence electrons. The molecule has 0 aliphatic rings. The summed E-state index contributed by atoms with van der Waals surface area (Å²) in [7, 11) is 1.37. The summed E-state index contributed by atoms with van der Waals surface area (Å²) in [6, 6.07) is 0. The van der Waals surface area contributed by atoms with Crippen molar-refractivity contribution in [1.29, 1.82) is 0 Å². The van der Waals surface area contributed by atoms with Crippen molar-refractivity contribution in [1.82, 2.24) is 0 Å². The van der Waals surface area contributed by atoms with Gasteiger partial charge in [-0.2, -0.15) is 0 Å². The number of quaternary nitrogens is 1. The van der Waals surface area contributed by atoms with Crippen LogP contribution in [-0.2, 0) is 27.9 Å².